The van der Waals surface area contributed by atoms with Crippen LogP contribution < -0.4 is 4.90 Å². The zero-order valence-corrected chi connectivity index (χ0v) is 22.5. The lowest BCUT2D eigenvalue weighted by molar-refractivity contribution is 0.0704. The molecule has 1 saturated heterocycles. The fraction of sp³-hybridized carbons (Fsp3) is 0.296. The van der Waals surface area contributed by atoms with Crippen molar-refractivity contribution in [2.75, 3.05) is 18.1 Å². The highest BCUT2D eigenvalue weighted by molar-refractivity contribution is 7.89. The largest absolute Gasteiger partial charge is 0.465 e. The number of nitrogens with zero attached hydrogens (tertiary/aromatic N) is 5. The highest BCUT2D eigenvalue weighted by atomic mass is 35.5. The number of halogens is 1. The van der Waals surface area contributed by atoms with E-state index in [4.69, 9.17) is 11.6 Å². The number of amides is 1. The van der Waals surface area contributed by atoms with Gasteiger partial charge < -0.3 is 20.0 Å². The maximum Gasteiger partial charge on any atom is 0.407 e. The van der Waals surface area contributed by atoms with Gasteiger partial charge in [0.2, 0.25) is 15.3 Å². The van der Waals surface area contributed by atoms with E-state index in [1.165, 1.54) is 11.1 Å². The molecule has 2 atom stereocenters. The molecule has 0 saturated carbocycles. The van der Waals surface area contributed by atoms with Crippen LogP contribution in [0.3, 0.4) is 0 Å². The Hall–Kier alpha value is -3.67. The van der Waals surface area contributed by atoms with Gasteiger partial charge in [-0.15, -0.1) is 0 Å². The molecule has 10 nitrogen and oxygen atoms in total. The highest BCUT2D eigenvalue weighted by Crippen LogP contribution is 2.33. The Balaban J connectivity index is 1.59. The molecule has 0 radical (unpaired) electrons. The van der Waals surface area contributed by atoms with E-state index in [0.29, 0.717) is 36.2 Å². The minimum absolute atomic E-state index is 0.121. The van der Waals surface area contributed by atoms with E-state index in [9.17, 15) is 23.4 Å². The van der Waals surface area contributed by atoms with E-state index >= 15 is 0 Å². The van der Waals surface area contributed by atoms with E-state index in [1.807, 2.05) is 41.3 Å². The third kappa shape index (κ3) is 5.70. The summed E-state index contributed by atoms with van der Waals surface area (Å²) in [5.74, 6) is 0.196. The number of aromatic nitrogens is 3. The third-order valence-electron chi connectivity index (χ3n) is 7.00. The van der Waals surface area contributed by atoms with Gasteiger partial charge in [0.1, 0.15) is 5.82 Å². The number of carboxylic acid groups (broad SMARTS) is 1. The Morgan fingerprint density at radius 1 is 1.00 bits per heavy atom. The maximum atomic E-state index is 13.4. The first-order chi connectivity index (χ1) is 18.8. The molecule has 1 aliphatic rings. The average Bonchev–Trinajstić information content (AvgIpc) is 3.37. The number of aliphatic hydroxyl groups excluding tert-OH is 1. The van der Waals surface area contributed by atoms with Gasteiger partial charge in [-0.1, -0.05) is 60.7 Å². The molecule has 1 fully saturated rings. The van der Waals surface area contributed by atoms with Crippen LogP contribution in [0.1, 0.15) is 24.0 Å². The standard InChI is InChI=1S/C27H28ClN5O5S/c28-26-29-24(23-13-14-33(25(23)30-26)39(37,38)18-20-9-5-2-6-10-20)31(15-19-7-3-1-4-8-19)21-11-12-22(17-34)32(16-21)27(35)36/h1-10,13-14,21-22,34H,11-12,15-18H2,(H,35,36)/t21-,22-/m0/s1. The topological polar surface area (TPSA) is 129 Å². The molecule has 39 heavy (non-hydrogen) atoms. The van der Waals surface area contributed by atoms with E-state index in [2.05, 4.69) is 9.97 Å². The minimum Gasteiger partial charge on any atom is -0.465 e. The Morgan fingerprint density at radius 2 is 1.67 bits per heavy atom. The fourth-order valence-corrected chi connectivity index (χ4v) is 6.65. The summed E-state index contributed by atoms with van der Waals surface area (Å²) in [7, 11) is -3.83. The number of hydrogen-bond donors (Lipinski definition) is 2. The van der Waals surface area contributed by atoms with Crippen LogP contribution in [0, 0.1) is 0 Å². The Morgan fingerprint density at radius 3 is 2.31 bits per heavy atom. The SMILES string of the molecule is O=C(O)N1C[C@@H](N(Cc2ccccc2)c2nc(Cl)nc3c2ccn3S(=O)(=O)Cc2ccccc2)CC[C@H]1CO. The van der Waals surface area contributed by atoms with E-state index in [-0.39, 0.29) is 35.9 Å². The van der Waals surface area contributed by atoms with Crippen molar-refractivity contribution in [3.63, 3.8) is 0 Å². The second-order valence-electron chi connectivity index (χ2n) is 9.52. The lowest BCUT2D eigenvalue weighted by Crippen LogP contribution is -2.55. The molecule has 1 amide bonds. The molecule has 2 aromatic heterocycles. The summed E-state index contributed by atoms with van der Waals surface area (Å²) >= 11 is 6.38. The minimum atomic E-state index is -3.83. The smallest absolute Gasteiger partial charge is 0.407 e. The number of hydrogen-bond acceptors (Lipinski definition) is 7. The van der Waals surface area contributed by atoms with Crippen molar-refractivity contribution in [3.8, 4) is 0 Å². The molecule has 2 aromatic carbocycles. The van der Waals surface area contributed by atoms with Crippen molar-refractivity contribution in [2.24, 2.45) is 0 Å². The molecule has 0 bridgehead atoms. The maximum absolute atomic E-state index is 13.4. The number of anilines is 1. The van der Waals surface area contributed by atoms with Crippen molar-refractivity contribution >= 4 is 44.6 Å². The molecule has 0 aliphatic carbocycles. The van der Waals surface area contributed by atoms with E-state index < -0.39 is 22.2 Å². The number of fused-ring (bicyclic) bond motifs is 1. The number of piperidine rings is 1. The van der Waals surface area contributed by atoms with Crippen molar-refractivity contribution in [1.82, 2.24) is 18.8 Å². The number of benzene rings is 2. The molecule has 0 unspecified atom stereocenters. The third-order valence-corrected chi connectivity index (χ3v) is 8.76. The molecule has 0 spiro atoms. The van der Waals surface area contributed by atoms with Gasteiger partial charge in [-0.2, -0.15) is 9.97 Å². The Labute approximate surface area is 231 Å². The second-order valence-corrected chi connectivity index (χ2v) is 11.7. The molecule has 12 heteroatoms. The lowest BCUT2D eigenvalue weighted by atomic mass is 9.97. The fourth-order valence-electron chi connectivity index (χ4n) is 5.09. The predicted octanol–water partition coefficient (Wildman–Crippen LogP) is 3.97. The van der Waals surface area contributed by atoms with Gasteiger partial charge in [0, 0.05) is 25.3 Å². The van der Waals surface area contributed by atoms with Gasteiger partial charge in [0.25, 0.3) is 0 Å². The predicted molar refractivity (Wildman–Crippen MR) is 148 cm³/mol. The van der Waals surface area contributed by atoms with E-state index in [1.54, 1.807) is 30.3 Å². The molecule has 1 aliphatic heterocycles. The number of aliphatic hydroxyl groups is 1. The molecular formula is C27H28ClN5O5S. The number of carbonyl (C=O) groups is 1. The number of rotatable bonds is 8. The van der Waals surface area contributed by atoms with Gasteiger partial charge in [-0.3, -0.25) is 0 Å². The molecule has 4 aromatic rings. The van der Waals surface area contributed by atoms with Gasteiger partial charge in [-0.25, -0.2) is 17.2 Å². The monoisotopic (exact) mass is 569 g/mol. The lowest BCUT2D eigenvalue weighted by Gasteiger charge is -2.42. The first-order valence-electron chi connectivity index (χ1n) is 12.5. The van der Waals surface area contributed by atoms with Crippen LogP contribution in [0.5, 0.6) is 0 Å². The van der Waals surface area contributed by atoms with Crippen LogP contribution in [0.25, 0.3) is 11.0 Å². The molecule has 2 N–H and O–H groups in total. The zero-order chi connectivity index (χ0) is 27.6. The summed E-state index contributed by atoms with van der Waals surface area (Å²) in [5, 5.41) is 19.9. The van der Waals surface area contributed by atoms with Crippen LogP contribution in [0.2, 0.25) is 5.28 Å². The van der Waals surface area contributed by atoms with Crippen molar-refractivity contribution in [1.29, 1.82) is 0 Å². The molecule has 5 rings (SSSR count). The average molecular weight is 570 g/mol. The summed E-state index contributed by atoms with van der Waals surface area (Å²) in [6.45, 7) is 0.264. The van der Waals surface area contributed by atoms with Crippen LogP contribution >= 0.6 is 11.6 Å². The second kappa shape index (κ2) is 11.2. The normalized spacial score (nSPS) is 17.8. The molecule has 204 valence electrons. The van der Waals surface area contributed by atoms with Crippen molar-refractivity contribution in [3.05, 3.63) is 89.3 Å². The van der Waals surface area contributed by atoms with Gasteiger partial charge in [0.15, 0.2) is 5.65 Å². The zero-order valence-electron chi connectivity index (χ0n) is 21.0. The van der Waals surface area contributed by atoms with Crippen molar-refractivity contribution in [2.45, 2.75) is 37.2 Å². The number of likely N-dealkylation sites (tertiary alicyclic amines) is 1. The van der Waals surface area contributed by atoms with Gasteiger partial charge in [0.05, 0.1) is 23.8 Å². The Kier molecular flexibility index (Phi) is 7.74. The van der Waals surface area contributed by atoms with E-state index in [0.717, 1.165) is 9.54 Å². The summed E-state index contributed by atoms with van der Waals surface area (Å²) in [4.78, 5) is 24.0. The first-order valence-corrected chi connectivity index (χ1v) is 14.5. The van der Waals surface area contributed by atoms with Crippen LogP contribution in [-0.4, -0.2) is 68.8 Å². The van der Waals surface area contributed by atoms with Gasteiger partial charge >= 0.3 is 6.09 Å². The highest BCUT2D eigenvalue weighted by Gasteiger charge is 2.35. The molecule has 3 heterocycles. The first kappa shape index (κ1) is 26.9. The van der Waals surface area contributed by atoms with Gasteiger partial charge in [-0.05, 0) is 41.6 Å². The molecular weight excluding hydrogens is 542 g/mol. The van der Waals surface area contributed by atoms with Crippen LogP contribution in [0.15, 0.2) is 72.9 Å². The van der Waals surface area contributed by atoms with Crippen LogP contribution in [0.4, 0.5) is 10.6 Å². The summed E-state index contributed by atoms with van der Waals surface area (Å²) in [6, 6.07) is 19.4. The van der Waals surface area contributed by atoms with Crippen molar-refractivity contribution < 1.29 is 23.4 Å². The summed E-state index contributed by atoms with van der Waals surface area (Å²) in [6.07, 6.45) is 1.40. The summed E-state index contributed by atoms with van der Waals surface area (Å²) < 4.78 is 27.9. The Bertz CT molecular complexity index is 1570. The summed E-state index contributed by atoms with van der Waals surface area (Å²) in [5.41, 5.74) is 1.75. The van der Waals surface area contributed by atoms with Crippen LogP contribution in [-0.2, 0) is 22.3 Å². The quantitative estimate of drug-likeness (QED) is 0.305.